The molecule has 6 aromatic rings. The molecule has 3 aromatic heterocycles. The minimum Gasteiger partial charge on any atom is -0.251 e. The Morgan fingerprint density at radius 3 is 1.76 bits per heavy atom. The van der Waals surface area contributed by atoms with Gasteiger partial charge >= 0.3 is 0 Å². The smallest absolute Gasteiger partial charge is 0.179 e. The van der Waals surface area contributed by atoms with Crippen molar-refractivity contribution in [1.82, 2.24) is 19.9 Å². The average molecular weight is 439 g/mol. The van der Waals surface area contributed by atoms with Gasteiger partial charge in [-0.05, 0) is 37.6 Å². The number of fused-ring (bicyclic) bond motifs is 3. The molecular weight excluding hydrogens is 416 g/mol. The average Bonchev–Trinajstić information content (AvgIpc) is 2.89. The first kappa shape index (κ1) is 20.2. The van der Waals surface area contributed by atoms with Crippen molar-refractivity contribution in [1.29, 1.82) is 0 Å². The van der Waals surface area contributed by atoms with Gasteiger partial charge in [0.15, 0.2) is 5.82 Å². The van der Waals surface area contributed by atoms with E-state index in [0.29, 0.717) is 5.82 Å². The van der Waals surface area contributed by atoms with Gasteiger partial charge < -0.3 is 0 Å². The largest absolute Gasteiger partial charge is 0.251 e. The predicted octanol–water partition coefficient (Wildman–Crippen LogP) is 7.19. The number of nitrogens with zero attached hydrogens (tertiary/aromatic N) is 4. The lowest BCUT2D eigenvalue weighted by Gasteiger charge is -2.11. The summed E-state index contributed by atoms with van der Waals surface area (Å²) in [5, 5.41) is 2.17. The van der Waals surface area contributed by atoms with Crippen LogP contribution in [0.5, 0.6) is 0 Å². The van der Waals surface area contributed by atoms with Crippen LogP contribution in [0.1, 0.15) is 11.3 Å². The van der Waals surface area contributed by atoms with Crippen LogP contribution in [-0.4, -0.2) is 19.9 Å². The third-order valence-corrected chi connectivity index (χ3v) is 6.08. The second kappa shape index (κ2) is 8.16. The molecule has 4 heteroatoms. The van der Waals surface area contributed by atoms with Crippen molar-refractivity contribution in [2.75, 3.05) is 0 Å². The Morgan fingerprint density at radius 1 is 0.500 bits per heavy atom. The van der Waals surface area contributed by atoms with Crippen LogP contribution >= 0.6 is 0 Å². The number of hydrogen-bond acceptors (Lipinski definition) is 4. The number of pyridine rings is 2. The van der Waals surface area contributed by atoms with Crippen LogP contribution in [0.15, 0.2) is 97.1 Å². The van der Waals surface area contributed by atoms with Crippen molar-refractivity contribution in [3.8, 4) is 34.0 Å². The van der Waals surface area contributed by atoms with E-state index in [1.54, 1.807) is 0 Å². The third kappa shape index (κ3) is 3.59. The second-order valence-corrected chi connectivity index (χ2v) is 8.50. The highest BCUT2D eigenvalue weighted by molar-refractivity contribution is 6.04. The molecular formula is C30H22N4. The van der Waals surface area contributed by atoms with E-state index in [1.165, 1.54) is 0 Å². The van der Waals surface area contributed by atoms with Gasteiger partial charge in [-0.15, -0.1) is 0 Å². The van der Waals surface area contributed by atoms with Gasteiger partial charge in [-0.3, -0.25) is 4.98 Å². The molecule has 0 spiro atoms. The molecule has 0 saturated heterocycles. The highest BCUT2D eigenvalue weighted by Crippen LogP contribution is 2.31. The van der Waals surface area contributed by atoms with E-state index in [9.17, 15) is 0 Å². The predicted molar refractivity (Wildman–Crippen MR) is 138 cm³/mol. The summed E-state index contributed by atoms with van der Waals surface area (Å²) >= 11 is 0. The molecule has 0 atom stereocenters. The zero-order valence-electron chi connectivity index (χ0n) is 19.0. The Morgan fingerprint density at radius 2 is 1.12 bits per heavy atom. The summed E-state index contributed by atoms with van der Waals surface area (Å²) in [7, 11) is 0. The van der Waals surface area contributed by atoms with Gasteiger partial charge in [-0.2, -0.15) is 0 Å². The molecule has 162 valence electrons. The normalized spacial score (nSPS) is 11.2. The van der Waals surface area contributed by atoms with Gasteiger partial charge in [0.1, 0.15) is 5.69 Å². The van der Waals surface area contributed by atoms with Crippen molar-refractivity contribution in [2.24, 2.45) is 0 Å². The zero-order valence-corrected chi connectivity index (χ0v) is 19.0. The fraction of sp³-hybridized carbons (Fsp3) is 0.0667. The van der Waals surface area contributed by atoms with Crippen LogP contribution in [0, 0.1) is 13.8 Å². The van der Waals surface area contributed by atoms with E-state index in [2.05, 4.69) is 55.5 Å². The van der Waals surface area contributed by atoms with Crippen LogP contribution in [0.25, 0.3) is 55.8 Å². The van der Waals surface area contributed by atoms with Gasteiger partial charge in [0.2, 0.25) is 0 Å². The molecule has 0 aliphatic carbocycles. The van der Waals surface area contributed by atoms with E-state index in [4.69, 9.17) is 19.9 Å². The molecule has 0 aliphatic heterocycles. The molecule has 0 saturated carbocycles. The Hall–Kier alpha value is -4.44. The topological polar surface area (TPSA) is 51.6 Å². The van der Waals surface area contributed by atoms with Crippen molar-refractivity contribution in [3.05, 3.63) is 108 Å². The minimum atomic E-state index is 0.606. The molecule has 6 rings (SSSR count). The van der Waals surface area contributed by atoms with E-state index in [0.717, 1.165) is 61.3 Å². The number of rotatable bonds is 3. The molecule has 0 bridgehead atoms. The van der Waals surface area contributed by atoms with Gasteiger partial charge in [0.05, 0.1) is 22.4 Å². The number of aromatic nitrogens is 4. The molecule has 0 N–H and O–H groups in total. The van der Waals surface area contributed by atoms with Crippen LogP contribution in [-0.2, 0) is 0 Å². The van der Waals surface area contributed by atoms with E-state index < -0.39 is 0 Å². The summed E-state index contributed by atoms with van der Waals surface area (Å²) in [5.74, 6) is 0.606. The Bertz CT molecular complexity index is 1600. The highest BCUT2D eigenvalue weighted by atomic mass is 14.9. The van der Waals surface area contributed by atoms with Gasteiger partial charge in [0, 0.05) is 27.6 Å². The lowest BCUT2D eigenvalue weighted by molar-refractivity contribution is 1.15. The van der Waals surface area contributed by atoms with Crippen molar-refractivity contribution >= 4 is 21.8 Å². The van der Waals surface area contributed by atoms with Crippen molar-refractivity contribution in [3.63, 3.8) is 0 Å². The van der Waals surface area contributed by atoms with E-state index in [1.807, 2.05) is 55.5 Å². The summed E-state index contributed by atoms with van der Waals surface area (Å²) in [6, 6.07) is 32.9. The Balaban J connectivity index is 1.62. The Labute approximate surface area is 198 Å². The quantitative estimate of drug-likeness (QED) is 0.274. The first-order valence-corrected chi connectivity index (χ1v) is 11.3. The number of benzene rings is 3. The number of hydrogen-bond donors (Lipinski definition) is 0. The Kier molecular flexibility index (Phi) is 4.84. The molecule has 4 nitrogen and oxygen atoms in total. The molecule has 34 heavy (non-hydrogen) atoms. The van der Waals surface area contributed by atoms with Crippen molar-refractivity contribution in [2.45, 2.75) is 13.8 Å². The van der Waals surface area contributed by atoms with E-state index in [-0.39, 0.29) is 0 Å². The summed E-state index contributed by atoms with van der Waals surface area (Å²) in [6.45, 7) is 4.11. The molecule has 0 fully saturated rings. The van der Waals surface area contributed by atoms with Crippen molar-refractivity contribution < 1.29 is 0 Å². The maximum absolute atomic E-state index is 5.06. The molecule has 3 heterocycles. The van der Waals surface area contributed by atoms with Gasteiger partial charge in [0.25, 0.3) is 0 Å². The maximum atomic E-state index is 5.06. The fourth-order valence-electron chi connectivity index (χ4n) is 4.33. The lowest BCUT2D eigenvalue weighted by Crippen LogP contribution is -1.99. The SMILES string of the molecule is Cc1ccc2ccc3c(C)cc(-c4nc(-c5ccccc5)cc(-c5ccccc5)n4)nc3c2n1. The van der Waals surface area contributed by atoms with Crippen LogP contribution in [0.4, 0.5) is 0 Å². The van der Waals surface area contributed by atoms with Crippen LogP contribution in [0.3, 0.4) is 0 Å². The first-order chi connectivity index (χ1) is 16.7. The highest BCUT2D eigenvalue weighted by Gasteiger charge is 2.14. The summed E-state index contributed by atoms with van der Waals surface area (Å²) in [4.78, 5) is 19.8. The second-order valence-electron chi connectivity index (χ2n) is 8.50. The van der Waals surface area contributed by atoms with Gasteiger partial charge in [-0.25, -0.2) is 15.0 Å². The molecule has 3 aromatic carbocycles. The number of aryl methyl sites for hydroxylation is 2. The summed E-state index contributed by atoms with van der Waals surface area (Å²) < 4.78 is 0. The van der Waals surface area contributed by atoms with Gasteiger partial charge in [-0.1, -0.05) is 78.9 Å². The first-order valence-electron chi connectivity index (χ1n) is 11.3. The summed E-state index contributed by atoms with van der Waals surface area (Å²) in [5.41, 5.74) is 8.46. The molecule has 0 radical (unpaired) electrons. The lowest BCUT2D eigenvalue weighted by atomic mass is 10.0. The van der Waals surface area contributed by atoms with Crippen LogP contribution in [0.2, 0.25) is 0 Å². The van der Waals surface area contributed by atoms with E-state index >= 15 is 0 Å². The molecule has 0 aliphatic rings. The third-order valence-electron chi connectivity index (χ3n) is 6.08. The standard InChI is InChI=1S/C30H22N4/c1-19-17-27(32-29-24(19)16-15-23-14-13-20(2)31-28(23)29)30-33-25(21-9-5-3-6-10-21)18-26(34-30)22-11-7-4-8-12-22/h3-18H,1-2H3. The monoisotopic (exact) mass is 438 g/mol. The minimum absolute atomic E-state index is 0.606. The molecule has 0 amide bonds. The zero-order chi connectivity index (χ0) is 23.1. The maximum Gasteiger partial charge on any atom is 0.179 e. The summed E-state index contributed by atoms with van der Waals surface area (Å²) in [6.07, 6.45) is 0. The molecule has 0 unspecified atom stereocenters. The fourth-order valence-corrected chi connectivity index (χ4v) is 4.33. The van der Waals surface area contributed by atoms with Crippen LogP contribution < -0.4 is 0 Å².